The molecule has 1 N–H and O–H groups in total. The van der Waals surface area contributed by atoms with Crippen LogP contribution in [-0.2, 0) is 9.53 Å². The summed E-state index contributed by atoms with van der Waals surface area (Å²) in [5, 5.41) is 8.61. The molecule has 0 fully saturated rings. The number of rotatable bonds is 1. The number of carbonyl (C=O) groups excluding carboxylic acids is 1. The summed E-state index contributed by atoms with van der Waals surface area (Å²) in [6, 6.07) is 0. The van der Waals surface area contributed by atoms with Crippen LogP contribution >= 0.6 is 0 Å². The minimum atomic E-state index is -0.767. The van der Waals surface area contributed by atoms with Gasteiger partial charge in [0.2, 0.25) is 0 Å². The highest BCUT2D eigenvalue weighted by molar-refractivity contribution is 5.85. The second kappa shape index (κ2) is 1.84. The molecule has 9 heavy (non-hydrogen) atoms. The van der Waals surface area contributed by atoms with Crippen molar-refractivity contribution in [1.82, 2.24) is 0 Å². The van der Waals surface area contributed by atoms with Crippen molar-refractivity contribution in [3.8, 4) is 0 Å². The van der Waals surface area contributed by atoms with E-state index in [1.54, 1.807) is 13.0 Å². The smallest absolute Gasteiger partial charge is 0.331 e. The standard InChI is InChI=1S/C6H8O3/c1-6(4-7)3-2-5(8)9-6/h2-3,7H,4H2,1H3. The molecule has 0 spiro atoms. The van der Waals surface area contributed by atoms with Gasteiger partial charge in [-0.1, -0.05) is 0 Å². The zero-order chi connectivity index (χ0) is 6.91. The Morgan fingerprint density at radius 1 is 1.89 bits per heavy atom. The van der Waals surface area contributed by atoms with E-state index in [1.165, 1.54) is 6.08 Å². The first-order chi connectivity index (χ1) is 4.16. The third-order valence-electron chi connectivity index (χ3n) is 1.22. The maximum Gasteiger partial charge on any atom is 0.331 e. The van der Waals surface area contributed by atoms with Crippen molar-refractivity contribution in [2.75, 3.05) is 6.61 Å². The van der Waals surface area contributed by atoms with Gasteiger partial charge in [0.25, 0.3) is 0 Å². The van der Waals surface area contributed by atoms with Gasteiger partial charge in [0.05, 0.1) is 6.61 Å². The normalized spacial score (nSPS) is 32.9. The summed E-state index contributed by atoms with van der Waals surface area (Å²) < 4.78 is 4.70. The Hall–Kier alpha value is -0.830. The molecular formula is C6H8O3. The van der Waals surface area contributed by atoms with E-state index in [-0.39, 0.29) is 12.6 Å². The van der Waals surface area contributed by atoms with Crippen LogP contribution in [0.1, 0.15) is 6.92 Å². The maximum atomic E-state index is 10.4. The third-order valence-corrected chi connectivity index (χ3v) is 1.22. The molecule has 0 saturated heterocycles. The Kier molecular flexibility index (Phi) is 1.29. The highest BCUT2D eigenvalue weighted by Gasteiger charge is 2.28. The summed E-state index contributed by atoms with van der Waals surface area (Å²) in [5.41, 5.74) is -0.767. The van der Waals surface area contributed by atoms with Gasteiger partial charge in [0, 0.05) is 6.08 Å². The SMILES string of the molecule is CC1(CO)C=CC(=O)O1. The fourth-order valence-corrected chi connectivity index (χ4v) is 0.627. The minimum absolute atomic E-state index is 0.158. The molecule has 0 aliphatic carbocycles. The van der Waals surface area contributed by atoms with Crippen molar-refractivity contribution >= 4 is 5.97 Å². The van der Waals surface area contributed by atoms with E-state index in [1.807, 2.05) is 0 Å². The van der Waals surface area contributed by atoms with Crippen LogP contribution in [0.2, 0.25) is 0 Å². The van der Waals surface area contributed by atoms with Crippen LogP contribution < -0.4 is 0 Å². The van der Waals surface area contributed by atoms with Crippen LogP contribution in [0.15, 0.2) is 12.2 Å². The molecule has 1 aliphatic rings. The number of esters is 1. The molecule has 3 nitrogen and oxygen atoms in total. The van der Waals surface area contributed by atoms with Gasteiger partial charge in [0.1, 0.15) is 0 Å². The van der Waals surface area contributed by atoms with E-state index in [4.69, 9.17) is 9.84 Å². The second-order valence-corrected chi connectivity index (χ2v) is 2.23. The number of hydrogen-bond acceptors (Lipinski definition) is 3. The van der Waals surface area contributed by atoms with Gasteiger partial charge in [-0.25, -0.2) is 4.79 Å². The zero-order valence-corrected chi connectivity index (χ0v) is 5.13. The Morgan fingerprint density at radius 2 is 2.56 bits per heavy atom. The Balaban J connectivity index is 2.68. The molecule has 0 bridgehead atoms. The van der Waals surface area contributed by atoms with Gasteiger partial charge in [0.15, 0.2) is 5.60 Å². The monoisotopic (exact) mass is 128 g/mol. The Labute approximate surface area is 52.9 Å². The Morgan fingerprint density at radius 3 is 2.78 bits per heavy atom. The van der Waals surface area contributed by atoms with Crippen LogP contribution in [0.5, 0.6) is 0 Å². The largest absolute Gasteiger partial charge is 0.449 e. The predicted molar refractivity (Wildman–Crippen MR) is 30.7 cm³/mol. The molecule has 0 radical (unpaired) electrons. The van der Waals surface area contributed by atoms with Crippen LogP contribution in [-0.4, -0.2) is 23.3 Å². The van der Waals surface area contributed by atoms with Crippen molar-refractivity contribution in [1.29, 1.82) is 0 Å². The van der Waals surface area contributed by atoms with Crippen LogP contribution in [0.3, 0.4) is 0 Å². The zero-order valence-electron chi connectivity index (χ0n) is 5.13. The molecule has 0 aromatic carbocycles. The van der Waals surface area contributed by atoms with Gasteiger partial charge < -0.3 is 9.84 Å². The van der Waals surface area contributed by atoms with Crippen molar-refractivity contribution in [3.63, 3.8) is 0 Å². The number of carbonyl (C=O) groups is 1. The molecule has 0 amide bonds. The number of cyclic esters (lactones) is 1. The number of hydrogen-bond donors (Lipinski definition) is 1. The van der Waals surface area contributed by atoms with E-state index in [9.17, 15) is 4.79 Å². The van der Waals surface area contributed by atoms with E-state index >= 15 is 0 Å². The summed E-state index contributed by atoms with van der Waals surface area (Å²) in [6.45, 7) is 1.49. The van der Waals surface area contributed by atoms with Gasteiger partial charge >= 0.3 is 5.97 Å². The minimum Gasteiger partial charge on any atom is -0.449 e. The molecule has 0 aromatic rings. The fourth-order valence-electron chi connectivity index (χ4n) is 0.627. The first kappa shape index (κ1) is 6.29. The van der Waals surface area contributed by atoms with E-state index in [0.29, 0.717) is 0 Å². The highest BCUT2D eigenvalue weighted by Crippen LogP contribution is 2.17. The summed E-state index contributed by atoms with van der Waals surface area (Å²) in [5.74, 6) is -0.383. The number of ether oxygens (including phenoxy) is 1. The fraction of sp³-hybridized carbons (Fsp3) is 0.500. The molecule has 1 unspecified atom stereocenters. The molecule has 1 aliphatic heterocycles. The quantitative estimate of drug-likeness (QED) is 0.499. The lowest BCUT2D eigenvalue weighted by molar-refractivity contribution is -0.146. The lowest BCUT2D eigenvalue weighted by Gasteiger charge is -2.16. The lowest BCUT2D eigenvalue weighted by atomic mass is 10.1. The summed E-state index contributed by atoms with van der Waals surface area (Å²) in [4.78, 5) is 10.4. The molecule has 0 aromatic heterocycles. The molecule has 0 saturated carbocycles. The van der Waals surface area contributed by atoms with E-state index < -0.39 is 5.60 Å². The van der Waals surface area contributed by atoms with Gasteiger partial charge in [-0.15, -0.1) is 0 Å². The lowest BCUT2D eigenvalue weighted by Crippen LogP contribution is -2.28. The second-order valence-electron chi connectivity index (χ2n) is 2.23. The highest BCUT2D eigenvalue weighted by atomic mass is 16.6. The van der Waals surface area contributed by atoms with Crippen molar-refractivity contribution in [2.24, 2.45) is 0 Å². The summed E-state index contributed by atoms with van der Waals surface area (Å²) >= 11 is 0. The summed E-state index contributed by atoms with van der Waals surface area (Å²) in [6.07, 6.45) is 2.87. The van der Waals surface area contributed by atoms with Gasteiger partial charge in [-0.2, -0.15) is 0 Å². The van der Waals surface area contributed by atoms with Crippen LogP contribution in [0, 0.1) is 0 Å². The van der Waals surface area contributed by atoms with Gasteiger partial charge in [-0.3, -0.25) is 0 Å². The molecule has 3 heteroatoms. The average molecular weight is 128 g/mol. The number of aliphatic hydroxyl groups excluding tert-OH is 1. The van der Waals surface area contributed by atoms with Crippen LogP contribution in [0.4, 0.5) is 0 Å². The maximum absolute atomic E-state index is 10.4. The molecule has 1 rings (SSSR count). The first-order valence-electron chi connectivity index (χ1n) is 2.69. The molecule has 50 valence electrons. The molecular weight excluding hydrogens is 120 g/mol. The van der Waals surface area contributed by atoms with Crippen molar-refractivity contribution in [2.45, 2.75) is 12.5 Å². The van der Waals surface area contributed by atoms with E-state index in [2.05, 4.69) is 0 Å². The van der Waals surface area contributed by atoms with Crippen molar-refractivity contribution in [3.05, 3.63) is 12.2 Å². The predicted octanol–water partition coefficient (Wildman–Crippen LogP) is -0.150. The first-order valence-corrected chi connectivity index (χ1v) is 2.69. The van der Waals surface area contributed by atoms with E-state index in [0.717, 1.165) is 0 Å². The average Bonchev–Trinajstić information content (AvgIpc) is 2.13. The third kappa shape index (κ3) is 1.10. The number of aliphatic hydroxyl groups is 1. The molecule has 1 atom stereocenters. The molecule has 1 heterocycles. The van der Waals surface area contributed by atoms with Crippen LogP contribution in [0.25, 0.3) is 0 Å². The summed E-state index contributed by atoms with van der Waals surface area (Å²) in [7, 11) is 0. The Bertz CT molecular complexity index is 162. The topological polar surface area (TPSA) is 46.5 Å². The van der Waals surface area contributed by atoms with Crippen molar-refractivity contribution < 1.29 is 14.6 Å². The van der Waals surface area contributed by atoms with Gasteiger partial charge in [-0.05, 0) is 13.0 Å².